The van der Waals surface area contributed by atoms with Crippen LogP contribution in [0.15, 0.2) is 33.7 Å². The number of ether oxygens (including phenoxy) is 1. The number of anilines is 1. The molecule has 3 N–H and O–H groups in total. The lowest BCUT2D eigenvalue weighted by atomic mass is 10.1. The number of nitrogens with two attached hydrogens (primary N) is 1. The molecule has 0 aliphatic carbocycles. The Labute approximate surface area is 141 Å². The first-order valence-electron chi connectivity index (χ1n) is 7.64. The maximum Gasteiger partial charge on any atom is 0.188 e. The van der Waals surface area contributed by atoms with E-state index in [0.29, 0.717) is 18.5 Å². The number of benzene rings is 1. The minimum absolute atomic E-state index is 0.177. The Morgan fingerprint density at radius 2 is 2.23 bits per heavy atom. The highest BCUT2D eigenvalue weighted by Gasteiger charge is 2.22. The highest BCUT2D eigenvalue weighted by molar-refractivity contribution is 9.10. The third kappa shape index (κ3) is 5.18. The Hall–Kier alpha value is -1.27. The molecule has 2 unspecified atom stereocenters. The summed E-state index contributed by atoms with van der Waals surface area (Å²) in [4.78, 5) is 6.87. The second-order valence-electron chi connectivity index (χ2n) is 5.80. The molecular weight excluding hydrogens is 344 g/mol. The molecule has 1 heterocycles. The van der Waals surface area contributed by atoms with Crippen LogP contribution < -0.4 is 16.0 Å². The van der Waals surface area contributed by atoms with Crippen molar-refractivity contribution in [2.75, 3.05) is 38.3 Å². The van der Waals surface area contributed by atoms with Crippen molar-refractivity contribution < 1.29 is 4.74 Å². The molecule has 1 aromatic carbocycles. The zero-order valence-corrected chi connectivity index (χ0v) is 14.8. The molecule has 0 saturated carbocycles. The van der Waals surface area contributed by atoms with E-state index in [9.17, 15) is 0 Å². The van der Waals surface area contributed by atoms with Gasteiger partial charge in [0.2, 0.25) is 0 Å². The molecule has 0 aromatic heterocycles. The maximum absolute atomic E-state index is 5.91. The molecule has 5 nitrogen and oxygen atoms in total. The standard InChI is InChI=1S/C16H25BrN4O/c1-12(11-22-2)20-16(18)19-9-13-7-8-21(10-13)15-5-3-14(17)4-6-15/h3-6,12-13H,7-11H2,1-2H3,(H3,18,19,20). The van der Waals surface area contributed by atoms with E-state index in [4.69, 9.17) is 10.5 Å². The van der Waals surface area contributed by atoms with Crippen molar-refractivity contribution in [1.29, 1.82) is 0 Å². The molecule has 1 aliphatic heterocycles. The van der Waals surface area contributed by atoms with E-state index in [1.807, 2.05) is 6.92 Å². The molecule has 2 rings (SSSR count). The lowest BCUT2D eigenvalue weighted by molar-refractivity contribution is 0.179. The van der Waals surface area contributed by atoms with Gasteiger partial charge in [-0.1, -0.05) is 15.9 Å². The van der Waals surface area contributed by atoms with Crippen molar-refractivity contribution in [2.45, 2.75) is 19.4 Å². The second kappa shape index (κ2) is 8.39. The topological polar surface area (TPSA) is 62.9 Å². The van der Waals surface area contributed by atoms with Gasteiger partial charge in [-0.3, -0.25) is 4.99 Å². The minimum Gasteiger partial charge on any atom is -0.383 e. The van der Waals surface area contributed by atoms with E-state index < -0.39 is 0 Å². The van der Waals surface area contributed by atoms with Crippen LogP contribution in [-0.2, 0) is 4.74 Å². The van der Waals surface area contributed by atoms with Gasteiger partial charge in [-0.25, -0.2) is 0 Å². The van der Waals surface area contributed by atoms with Crippen molar-refractivity contribution in [3.8, 4) is 0 Å². The van der Waals surface area contributed by atoms with E-state index in [-0.39, 0.29) is 6.04 Å². The van der Waals surface area contributed by atoms with Gasteiger partial charge >= 0.3 is 0 Å². The lowest BCUT2D eigenvalue weighted by Gasteiger charge is -2.18. The average Bonchev–Trinajstić information content (AvgIpc) is 2.95. The normalized spacial score (nSPS) is 20.2. The van der Waals surface area contributed by atoms with Gasteiger partial charge in [0, 0.05) is 42.9 Å². The Kier molecular flexibility index (Phi) is 6.51. The van der Waals surface area contributed by atoms with E-state index >= 15 is 0 Å². The molecule has 0 radical (unpaired) electrons. The van der Waals surface area contributed by atoms with Gasteiger partial charge in [-0.15, -0.1) is 0 Å². The summed E-state index contributed by atoms with van der Waals surface area (Å²) in [6.45, 7) is 5.53. The van der Waals surface area contributed by atoms with Crippen LogP contribution in [0.1, 0.15) is 13.3 Å². The number of methoxy groups -OCH3 is 1. The van der Waals surface area contributed by atoms with Crippen LogP contribution >= 0.6 is 15.9 Å². The van der Waals surface area contributed by atoms with Gasteiger partial charge in [-0.05, 0) is 43.5 Å². The average molecular weight is 369 g/mol. The molecule has 1 aromatic rings. The molecule has 0 bridgehead atoms. The molecule has 122 valence electrons. The van der Waals surface area contributed by atoms with Crippen molar-refractivity contribution in [3.05, 3.63) is 28.7 Å². The van der Waals surface area contributed by atoms with Gasteiger partial charge in [0.1, 0.15) is 0 Å². The van der Waals surface area contributed by atoms with Crippen molar-refractivity contribution >= 4 is 27.6 Å². The summed E-state index contributed by atoms with van der Waals surface area (Å²) in [6.07, 6.45) is 1.15. The van der Waals surface area contributed by atoms with Crippen LogP contribution in [-0.4, -0.2) is 45.4 Å². The third-order valence-electron chi connectivity index (χ3n) is 3.81. The number of halogens is 1. The zero-order chi connectivity index (χ0) is 15.9. The second-order valence-corrected chi connectivity index (χ2v) is 6.72. The molecule has 0 spiro atoms. The number of nitrogens with zero attached hydrogens (tertiary/aromatic N) is 2. The van der Waals surface area contributed by atoms with E-state index in [1.54, 1.807) is 7.11 Å². The van der Waals surface area contributed by atoms with Gasteiger partial charge in [0.05, 0.1) is 6.61 Å². The van der Waals surface area contributed by atoms with Crippen LogP contribution in [0.4, 0.5) is 5.69 Å². The van der Waals surface area contributed by atoms with Crippen molar-refractivity contribution in [1.82, 2.24) is 5.32 Å². The highest BCUT2D eigenvalue weighted by atomic mass is 79.9. The van der Waals surface area contributed by atoms with Crippen LogP contribution in [0.2, 0.25) is 0 Å². The van der Waals surface area contributed by atoms with E-state index in [2.05, 4.69) is 55.4 Å². The molecule has 6 heteroatoms. The molecule has 1 aliphatic rings. The predicted octanol–water partition coefficient (Wildman–Crippen LogP) is 2.21. The number of guanidine groups is 1. The van der Waals surface area contributed by atoms with Gasteiger partial charge in [-0.2, -0.15) is 0 Å². The Balaban J connectivity index is 1.79. The number of hydrogen-bond acceptors (Lipinski definition) is 3. The first-order valence-corrected chi connectivity index (χ1v) is 8.43. The largest absolute Gasteiger partial charge is 0.383 e. The smallest absolute Gasteiger partial charge is 0.188 e. The highest BCUT2D eigenvalue weighted by Crippen LogP contribution is 2.25. The number of nitrogens with one attached hydrogen (secondary N) is 1. The van der Waals surface area contributed by atoms with Gasteiger partial charge in [0.15, 0.2) is 5.96 Å². The molecule has 1 saturated heterocycles. The van der Waals surface area contributed by atoms with Crippen LogP contribution in [0.3, 0.4) is 0 Å². The molecular formula is C16H25BrN4O. The predicted molar refractivity (Wildman–Crippen MR) is 95.4 cm³/mol. The SMILES string of the molecule is COCC(C)NC(N)=NCC1CCN(c2ccc(Br)cc2)C1. The molecule has 1 fully saturated rings. The third-order valence-corrected chi connectivity index (χ3v) is 4.34. The Bertz CT molecular complexity index is 491. The first-order chi connectivity index (χ1) is 10.6. The summed E-state index contributed by atoms with van der Waals surface area (Å²) >= 11 is 3.47. The van der Waals surface area contributed by atoms with Crippen LogP contribution in [0.5, 0.6) is 0 Å². The first kappa shape index (κ1) is 17.1. The van der Waals surface area contributed by atoms with Crippen molar-refractivity contribution in [3.63, 3.8) is 0 Å². The number of rotatable bonds is 6. The lowest BCUT2D eigenvalue weighted by Crippen LogP contribution is -2.41. The summed E-state index contributed by atoms with van der Waals surface area (Å²) in [5, 5.41) is 3.14. The summed E-state index contributed by atoms with van der Waals surface area (Å²) in [6, 6.07) is 8.65. The zero-order valence-electron chi connectivity index (χ0n) is 13.3. The maximum atomic E-state index is 5.91. The summed E-state index contributed by atoms with van der Waals surface area (Å²) in [5.74, 6) is 1.06. The van der Waals surface area contributed by atoms with Crippen molar-refractivity contribution in [2.24, 2.45) is 16.6 Å². The van der Waals surface area contributed by atoms with Gasteiger partial charge < -0.3 is 20.7 Å². The summed E-state index contributed by atoms with van der Waals surface area (Å²) in [5.41, 5.74) is 7.18. The number of aliphatic imine (C=N–C) groups is 1. The van der Waals surface area contributed by atoms with E-state index in [0.717, 1.165) is 30.5 Å². The minimum atomic E-state index is 0.177. The van der Waals surface area contributed by atoms with Crippen LogP contribution in [0, 0.1) is 5.92 Å². The van der Waals surface area contributed by atoms with E-state index in [1.165, 1.54) is 5.69 Å². The monoisotopic (exact) mass is 368 g/mol. The summed E-state index contributed by atoms with van der Waals surface area (Å²) in [7, 11) is 1.68. The molecule has 22 heavy (non-hydrogen) atoms. The van der Waals surface area contributed by atoms with Crippen LogP contribution in [0.25, 0.3) is 0 Å². The Morgan fingerprint density at radius 3 is 2.91 bits per heavy atom. The molecule has 0 amide bonds. The Morgan fingerprint density at radius 1 is 1.50 bits per heavy atom. The number of hydrogen-bond donors (Lipinski definition) is 2. The fourth-order valence-electron chi connectivity index (χ4n) is 2.69. The fraction of sp³-hybridized carbons (Fsp3) is 0.562. The summed E-state index contributed by atoms with van der Waals surface area (Å²) < 4.78 is 6.18. The van der Waals surface area contributed by atoms with Gasteiger partial charge in [0.25, 0.3) is 0 Å². The molecule has 2 atom stereocenters. The quantitative estimate of drug-likeness (QED) is 0.596. The fourth-order valence-corrected chi connectivity index (χ4v) is 2.95.